The van der Waals surface area contributed by atoms with Crippen molar-refractivity contribution in [3.05, 3.63) is 0 Å². The van der Waals surface area contributed by atoms with Crippen molar-refractivity contribution in [2.24, 2.45) is 0 Å². The van der Waals surface area contributed by atoms with Crippen molar-refractivity contribution in [2.75, 3.05) is 26.7 Å². The minimum atomic E-state index is -0.963. The van der Waals surface area contributed by atoms with Crippen LogP contribution >= 0.6 is 0 Å². The van der Waals surface area contributed by atoms with Crippen LogP contribution in [-0.4, -0.2) is 76.6 Å². The highest BCUT2D eigenvalue weighted by Gasteiger charge is 2.42. The van der Waals surface area contributed by atoms with Gasteiger partial charge in [-0.25, -0.2) is 4.79 Å². The van der Waals surface area contributed by atoms with Crippen LogP contribution in [0.1, 0.15) is 33.1 Å². The molecule has 2 rings (SSSR count). The van der Waals surface area contributed by atoms with Crippen molar-refractivity contribution in [1.29, 1.82) is 0 Å². The fourth-order valence-corrected chi connectivity index (χ4v) is 3.28. The first-order chi connectivity index (χ1) is 9.45. The summed E-state index contributed by atoms with van der Waals surface area (Å²) in [6.07, 6.45) is 1.26. The van der Waals surface area contributed by atoms with Crippen LogP contribution in [0.15, 0.2) is 0 Å². The van der Waals surface area contributed by atoms with Gasteiger partial charge in [-0.05, 0) is 33.2 Å². The summed E-state index contributed by atoms with van der Waals surface area (Å²) in [4.78, 5) is 29.5. The Morgan fingerprint density at radius 1 is 1.25 bits per heavy atom. The van der Waals surface area contributed by atoms with Gasteiger partial charge in [0.05, 0.1) is 0 Å². The third-order valence-corrected chi connectivity index (χ3v) is 4.75. The van der Waals surface area contributed by atoms with E-state index >= 15 is 0 Å². The van der Waals surface area contributed by atoms with Gasteiger partial charge in [0.25, 0.3) is 0 Å². The van der Waals surface area contributed by atoms with E-state index in [1.165, 1.54) is 4.90 Å². The van der Waals surface area contributed by atoms with E-state index in [9.17, 15) is 14.7 Å². The van der Waals surface area contributed by atoms with Crippen LogP contribution in [0, 0.1) is 0 Å². The fraction of sp³-hybridized carbons (Fsp3) is 0.857. The second-order valence-electron chi connectivity index (χ2n) is 5.96. The van der Waals surface area contributed by atoms with Crippen LogP contribution in [0.3, 0.4) is 0 Å². The van der Waals surface area contributed by atoms with E-state index in [0.717, 1.165) is 19.4 Å². The maximum absolute atomic E-state index is 12.6. The molecule has 2 heterocycles. The van der Waals surface area contributed by atoms with E-state index in [-0.39, 0.29) is 11.9 Å². The Bertz CT molecular complexity index is 388. The van der Waals surface area contributed by atoms with Crippen LogP contribution in [-0.2, 0) is 4.79 Å². The molecular formula is C14H25N3O3. The SMILES string of the molecule is CC[C@H]1CC[C@@H](C(=O)N2CCN(C)[C@H](C)C2)N1C(=O)O. The minimum absolute atomic E-state index is 0.00802. The lowest BCUT2D eigenvalue weighted by Crippen LogP contribution is -2.57. The number of carboxylic acid groups (broad SMARTS) is 1. The third kappa shape index (κ3) is 2.75. The lowest BCUT2D eigenvalue weighted by Gasteiger charge is -2.39. The van der Waals surface area contributed by atoms with E-state index in [1.807, 2.05) is 11.8 Å². The topological polar surface area (TPSA) is 64.1 Å². The molecule has 0 bridgehead atoms. The molecule has 2 saturated heterocycles. The highest BCUT2D eigenvalue weighted by molar-refractivity contribution is 5.86. The molecule has 2 amide bonds. The number of likely N-dealkylation sites (N-methyl/N-ethyl adjacent to an activating group) is 1. The molecule has 0 aromatic heterocycles. The summed E-state index contributed by atoms with van der Waals surface area (Å²) >= 11 is 0. The second kappa shape index (κ2) is 5.99. The van der Waals surface area contributed by atoms with Gasteiger partial charge in [0.1, 0.15) is 6.04 Å². The number of likely N-dealkylation sites (tertiary alicyclic amines) is 1. The van der Waals surface area contributed by atoms with Crippen LogP contribution in [0.2, 0.25) is 0 Å². The predicted octanol–water partition coefficient (Wildman–Crippen LogP) is 1.07. The zero-order chi connectivity index (χ0) is 14.9. The molecule has 20 heavy (non-hydrogen) atoms. The van der Waals surface area contributed by atoms with Crippen molar-refractivity contribution in [3.8, 4) is 0 Å². The van der Waals surface area contributed by atoms with Crippen LogP contribution in [0.4, 0.5) is 4.79 Å². The summed E-state index contributed by atoms with van der Waals surface area (Å²) in [5.41, 5.74) is 0. The van der Waals surface area contributed by atoms with E-state index in [1.54, 1.807) is 0 Å². The van der Waals surface area contributed by atoms with E-state index in [0.29, 0.717) is 25.6 Å². The molecule has 0 aromatic rings. The van der Waals surface area contributed by atoms with Gasteiger partial charge in [-0.2, -0.15) is 0 Å². The molecule has 0 radical (unpaired) electrons. The van der Waals surface area contributed by atoms with E-state index < -0.39 is 12.1 Å². The number of hydrogen-bond donors (Lipinski definition) is 1. The number of piperazine rings is 1. The molecule has 2 aliphatic rings. The molecule has 6 heteroatoms. The monoisotopic (exact) mass is 283 g/mol. The van der Waals surface area contributed by atoms with Gasteiger partial charge >= 0.3 is 6.09 Å². The Morgan fingerprint density at radius 3 is 2.50 bits per heavy atom. The number of amides is 2. The molecule has 0 aromatic carbocycles. The molecule has 2 fully saturated rings. The minimum Gasteiger partial charge on any atom is -0.465 e. The fourth-order valence-electron chi connectivity index (χ4n) is 3.28. The summed E-state index contributed by atoms with van der Waals surface area (Å²) in [6, 6.07) is -0.159. The molecule has 0 aliphatic carbocycles. The smallest absolute Gasteiger partial charge is 0.408 e. The molecular weight excluding hydrogens is 258 g/mol. The Hall–Kier alpha value is -1.30. The summed E-state index contributed by atoms with van der Waals surface area (Å²) in [5.74, 6) is -0.0108. The van der Waals surface area contributed by atoms with Crippen LogP contribution in [0.25, 0.3) is 0 Å². The quantitative estimate of drug-likeness (QED) is 0.823. The molecule has 1 N–H and O–H groups in total. The Labute approximate surface area is 120 Å². The lowest BCUT2D eigenvalue weighted by atomic mass is 10.1. The summed E-state index contributed by atoms with van der Waals surface area (Å²) in [5, 5.41) is 9.37. The number of nitrogens with zero attached hydrogens (tertiary/aromatic N) is 3. The zero-order valence-corrected chi connectivity index (χ0v) is 12.6. The normalized spacial score (nSPS) is 31.6. The Kier molecular flexibility index (Phi) is 4.52. The van der Waals surface area contributed by atoms with Crippen LogP contribution < -0.4 is 0 Å². The number of carbonyl (C=O) groups excluding carboxylic acids is 1. The molecule has 3 atom stereocenters. The summed E-state index contributed by atoms with van der Waals surface area (Å²) < 4.78 is 0. The van der Waals surface area contributed by atoms with Gasteiger partial charge in [-0.3, -0.25) is 9.69 Å². The molecule has 0 unspecified atom stereocenters. The number of carbonyl (C=O) groups is 2. The largest absolute Gasteiger partial charge is 0.465 e. The zero-order valence-electron chi connectivity index (χ0n) is 12.6. The number of hydrogen-bond acceptors (Lipinski definition) is 3. The van der Waals surface area contributed by atoms with Crippen molar-refractivity contribution in [1.82, 2.24) is 14.7 Å². The Morgan fingerprint density at radius 2 is 1.95 bits per heavy atom. The van der Waals surface area contributed by atoms with Crippen molar-refractivity contribution in [3.63, 3.8) is 0 Å². The van der Waals surface area contributed by atoms with Gasteiger partial charge < -0.3 is 14.9 Å². The maximum Gasteiger partial charge on any atom is 0.408 e. The van der Waals surface area contributed by atoms with Crippen molar-refractivity contribution < 1.29 is 14.7 Å². The van der Waals surface area contributed by atoms with Gasteiger partial charge in [-0.15, -0.1) is 0 Å². The highest BCUT2D eigenvalue weighted by atomic mass is 16.4. The van der Waals surface area contributed by atoms with E-state index in [2.05, 4.69) is 18.9 Å². The third-order valence-electron chi connectivity index (χ3n) is 4.75. The average Bonchev–Trinajstić information content (AvgIpc) is 2.85. The lowest BCUT2D eigenvalue weighted by molar-refractivity contribution is -0.138. The van der Waals surface area contributed by atoms with Crippen molar-refractivity contribution in [2.45, 2.75) is 51.2 Å². The Balaban J connectivity index is 2.07. The number of rotatable bonds is 2. The molecule has 2 aliphatic heterocycles. The predicted molar refractivity (Wildman–Crippen MR) is 75.6 cm³/mol. The van der Waals surface area contributed by atoms with Crippen LogP contribution in [0.5, 0.6) is 0 Å². The molecule has 0 saturated carbocycles. The molecule has 0 spiro atoms. The maximum atomic E-state index is 12.6. The van der Waals surface area contributed by atoms with Crippen molar-refractivity contribution >= 4 is 12.0 Å². The summed E-state index contributed by atoms with van der Waals surface area (Å²) in [7, 11) is 2.05. The van der Waals surface area contributed by atoms with Gasteiger partial charge in [0.2, 0.25) is 5.91 Å². The first-order valence-corrected chi connectivity index (χ1v) is 7.46. The van der Waals surface area contributed by atoms with E-state index in [4.69, 9.17) is 0 Å². The van der Waals surface area contributed by atoms with Gasteiger partial charge in [0.15, 0.2) is 0 Å². The highest BCUT2D eigenvalue weighted by Crippen LogP contribution is 2.28. The average molecular weight is 283 g/mol. The first kappa shape index (κ1) is 15.1. The summed E-state index contributed by atoms with van der Waals surface area (Å²) in [6.45, 7) is 6.31. The standard InChI is InChI=1S/C14H25N3O3/c1-4-11-5-6-12(17(11)14(19)20)13(18)16-8-7-15(3)10(2)9-16/h10-12H,4-9H2,1-3H3,(H,19,20)/t10-,11+,12+/m1/s1. The molecule has 114 valence electrons. The first-order valence-electron chi connectivity index (χ1n) is 7.46. The second-order valence-corrected chi connectivity index (χ2v) is 5.96. The molecule has 6 nitrogen and oxygen atoms in total. The van der Waals surface area contributed by atoms with Gasteiger partial charge in [-0.1, -0.05) is 6.92 Å². The van der Waals surface area contributed by atoms with Gasteiger partial charge in [0, 0.05) is 31.7 Å².